The Bertz CT molecular complexity index is 432. The van der Waals surface area contributed by atoms with Crippen molar-refractivity contribution < 1.29 is 18.3 Å². The van der Waals surface area contributed by atoms with Crippen LogP contribution in [0.15, 0.2) is 12.1 Å². The van der Waals surface area contributed by atoms with E-state index < -0.39 is 23.2 Å². The second-order valence-electron chi connectivity index (χ2n) is 3.94. The monoisotopic (exact) mass is 273 g/mol. The van der Waals surface area contributed by atoms with E-state index >= 15 is 0 Å². The highest BCUT2D eigenvalue weighted by Crippen LogP contribution is 2.19. The average Bonchev–Trinajstić information content (AvgIpc) is 2.36. The smallest absolute Gasteiger partial charge is 0.251 e. The fourth-order valence-electron chi connectivity index (χ4n) is 1.52. The third-order valence-electron chi connectivity index (χ3n) is 2.45. The quantitative estimate of drug-likeness (QED) is 0.541. The van der Waals surface area contributed by atoms with E-state index in [-0.39, 0.29) is 18.2 Å². The lowest BCUT2D eigenvalue weighted by atomic mass is 10.1. The molecule has 19 heavy (non-hydrogen) atoms. The van der Waals surface area contributed by atoms with E-state index in [0.29, 0.717) is 6.61 Å². The lowest BCUT2D eigenvalue weighted by Gasteiger charge is -2.13. The Balaban J connectivity index is 2.73. The number of hydrazine groups is 1. The highest BCUT2D eigenvalue weighted by molar-refractivity contribution is 5.94. The number of rotatable bonds is 6. The number of carbonyl (C=O) groups excluding carboxylic acids is 1. The van der Waals surface area contributed by atoms with E-state index in [0.717, 1.165) is 12.1 Å². The van der Waals surface area contributed by atoms with Crippen LogP contribution in [0.5, 0.6) is 0 Å². The molecule has 0 fully saturated rings. The Morgan fingerprint density at radius 3 is 2.47 bits per heavy atom. The van der Waals surface area contributed by atoms with Crippen LogP contribution in [0.25, 0.3) is 0 Å². The minimum atomic E-state index is -0.925. The molecule has 1 rings (SSSR count). The van der Waals surface area contributed by atoms with Crippen molar-refractivity contribution in [3.05, 3.63) is 29.3 Å². The molecule has 0 saturated carbocycles. The topological polar surface area (TPSA) is 76.4 Å². The number of ether oxygens (including phenoxy) is 1. The van der Waals surface area contributed by atoms with Crippen LogP contribution in [0, 0.1) is 11.6 Å². The van der Waals surface area contributed by atoms with Gasteiger partial charge in [-0.25, -0.2) is 8.78 Å². The first-order valence-electron chi connectivity index (χ1n) is 5.85. The predicted molar refractivity (Wildman–Crippen MR) is 67.6 cm³/mol. The summed E-state index contributed by atoms with van der Waals surface area (Å²) < 4.78 is 32.0. The molecule has 7 heteroatoms. The number of halogens is 2. The van der Waals surface area contributed by atoms with E-state index in [1.54, 1.807) is 6.92 Å². The molecule has 0 spiro atoms. The zero-order chi connectivity index (χ0) is 14.4. The van der Waals surface area contributed by atoms with E-state index in [9.17, 15) is 13.6 Å². The number of hydrogen-bond acceptors (Lipinski definition) is 4. The molecular formula is C12H17F2N3O2. The van der Waals surface area contributed by atoms with Crippen molar-refractivity contribution in [3.8, 4) is 0 Å². The van der Waals surface area contributed by atoms with Gasteiger partial charge in [-0.1, -0.05) is 0 Å². The number of carbonyl (C=O) groups is 1. The maximum absolute atomic E-state index is 13.4. The van der Waals surface area contributed by atoms with Crippen molar-refractivity contribution in [3.63, 3.8) is 0 Å². The van der Waals surface area contributed by atoms with Gasteiger partial charge in [-0.05, 0) is 26.0 Å². The van der Waals surface area contributed by atoms with Gasteiger partial charge >= 0.3 is 0 Å². The Morgan fingerprint density at radius 2 is 2.00 bits per heavy atom. The summed E-state index contributed by atoms with van der Waals surface area (Å²) in [4.78, 5) is 11.7. The average molecular weight is 273 g/mol. The van der Waals surface area contributed by atoms with Crippen LogP contribution < -0.4 is 16.6 Å². The van der Waals surface area contributed by atoms with Crippen molar-refractivity contribution in [1.82, 2.24) is 5.32 Å². The first kappa shape index (κ1) is 15.3. The largest absolute Gasteiger partial charge is 0.377 e. The second kappa shape index (κ2) is 7.01. The summed E-state index contributed by atoms with van der Waals surface area (Å²) in [6.07, 6.45) is -0.173. The summed E-state index contributed by atoms with van der Waals surface area (Å²) in [7, 11) is 0. The maximum Gasteiger partial charge on any atom is 0.251 e. The summed E-state index contributed by atoms with van der Waals surface area (Å²) in [6.45, 7) is 4.40. The van der Waals surface area contributed by atoms with Gasteiger partial charge in [-0.2, -0.15) is 0 Å². The van der Waals surface area contributed by atoms with Gasteiger partial charge in [-0.15, -0.1) is 0 Å². The lowest BCUT2D eigenvalue weighted by molar-refractivity contribution is 0.0695. The maximum atomic E-state index is 13.4. The Morgan fingerprint density at radius 1 is 1.42 bits per heavy atom. The predicted octanol–water partition coefficient (Wildman–Crippen LogP) is 1.41. The Kier molecular flexibility index (Phi) is 5.65. The molecule has 0 radical (unpaired) electrons. The molecule has 5 nitrogen and oxygen atoms in total. The molecule has 1 unspecified atom stereocenters. The van der Waals surface area contributed by atoms with Crippen molar-refractivity contribution in [2.45, 2.75) is 20.0 Å². The molecule has 106 valence electrons. The number of nitrogen functional groups attached to an aromatic ring is 1. The fourth-order valence-corrected chi connectivity index (χ4v) is 1.52. The van der Waals surface area contributed by atoms with Crippen LogP contribution in [0.4, 0.5) is 14.5 Å². The molecule has 0 aromatic heterocycles. The van der Waals surface area contributed by atoms with Gasteiger partial charge in [0, 0.05) is 18.7 Å². The Labute approximate surface area is 110 Å². The summed E-state index contributed by atoms with van der Waals surface area (Å²) in [5.74, 6) is 2.54. The van der Waals surface area contributed by atoms with Crippen molar-refractivity contribution >= 4 is 11.6 Å². The van der Waals surface area contributed by atoms with E-state index in [1.807, 2.05) is 12.3 Å². The molecule has 0 aliphatic carbocycles. The zero-order valence-electron chi connectivity index (χ0n) is 10.8. The minimum absolute atomic E-state index is 0.113. The molecule has 1 aromatic rings. The van der Waals surface area contributed by atoms with Crippen molar-refractivity contribution in [2.24, 2.45) is 5.84 Å². The lowest BCUT2D eigenvalue weighted by Crippen LogP contribution is -2.32. The molecule has 4 N–H and O–H groups in total. The fraction of sp³-hybridized carbons (Fsp3) is 0.417. The summed E-state index contributed by atoms with van der Waals surface area (Å²) in [6, 6.07) is 1.83. The van der Waals surface area contributed by atoms with Crippen LogP contribution in [-0.4, -0.2) is 25.2 Å². The van der Waals surface area contributed by atoms with E-state index in [2.05, 4.69) is 5.32 Å². The van der Waals surface area contributed by atoms with Crippen LogP contribution in [0.2, 0.25) is 0 Å². The Hall–Kier alpha value is -1.73. The number of nitrogens with two attached hydrogens (primary N) is 1. The van der Waals surface area contributed by atoms with Gasteiger partial charge in [0.25, 0.3) is 5.91 Å². The van der Waals surface area contributed by atoms with Crippen LogP contribution in [-0.2, 0) is 4.74 Å². The third-order valence-corrected chi connectivity index (χ3v) is 2.45. The standard InChI is InChI=1S/C12H17F2N3O2/c1-3-19-7(2)6-16-12(18)8-4-9(13)11(17-15)10(14)5-8/h4-5,7,17H,3,6,15H2,1-2H3,(H,16,18). The normalized spacial score (nSPS) is 12.1. The minimum Gasteiger partial charge on any atom is -0.377 e. The molecule has 0 aliphatic heterocycles. The van der Waals surface area contributed by atoms with Gasteiger partial charge in [0.15, 0.2) is 11.6 Å². The number of amides is 1. The first-order chi connectivity index (χ1) is 8.99. The molecule has 0 aliphatic rings. The molecule has 1 amide bonds. The van der Waals surface area contributed by atoms with Gasteiger partial charge in [-0.3, -0.25) is 10.6 Å². The number of nitrogens with one attached hydrogen (secondary N) is 2. The van der Waals surface area contributed by atoms with Crippen LogP contribution in [0.3, 0.4) is 0 Å². The number of benzene rings is 1. The number of anilines is 1. The van der Waals surface area contributed by atoms with Gasteiger partial charge in [0.2, 0.25) is 0 Å². The van der Waals surface area contributed by atoms with Crippen molar-refractivity contribution in [1.29, 1.82) is 0 Å². The van der Waals surface area contributed by atoms with E-state index in [1.165, 1.54) is 0 Å². The van der Waals surface area contributed by atoms with Gasteiger partial charge in [0.05, 0.1) is 6.10 Å². The van der Waals surface area contributed by atoms with Gasteiger partial charge < -0.3 is 15.5 Å². The SMILES string of the molecule is CCOC(C)CNC(=O)c1cc(F)c(NN)c(F)c1. The third kappa shape index (κ3) is 4.15. The number of hydrogen-bond donors (Lipinski definition) is 3. The van der Waals surface area contributed by atoms with Gasteiger partial charge in [0.1, 0.15) is 5.69 Å². The molecule has 0 saturated heterocycles. The summed E-state index contributed by atoms with van der Waals surface area (Å²) in [5.41, 5.74) is 1.31. The van der Waals surface area contributed by atoms with E-state index in [4.69, 9.17) is 10.6 Å². The van der Waals surface area contributed by atoms with Crippen LogP contribution in [0.1, 0.15) is 24.2 Å². The highest BCUT2D eigenvalue weighted by Gasteiger charge is 2.15. The van der Waals surface area contributed by atoms with Crippen LogP contribution >= 0.6 is 0 Å². The first-order valence-corrected chi connectivity index (χ1v) is 5.85. The molecule has 0 heterocycles. The molecule has 1 aromatic carbocycles. The second-order valence-corrected chi connectivity index (χ2v) is 3.94. The molecule has 1 atom stereocenters. The highest BCUT2D eigenvalue weighted by atomic mass is 19.1. The summed E-state index contributed by atoms with van der Waals surface area (Å²) in [5, 5.41) is 2.53. The zero-order valence-corrected chi connectivity index (χ0v) is 10.8. The molecule has 0 bridgehead atoms. The summed E-state index contributed by atoms with van der Waals surface area (Å²) >= 11 is 0. The van der Waals surface area contributed by atoms with Crippen molar-refractivity contribution in [2.75, 3.05) is 18.6 Å². The molecular weight excluding hydrogens is 256 g/mol.